The van der Waals surface area contributed by atoms with Gasteiger partial charge in [0.25, 0.3) is 0 Å². The summed E-state index contributed by atoms with van der Waals surface area (Å²) in [4.78, 5) is 0. The lowest BCUT2D eigenvalue weighted by atomic mass is 10.0. The lowest BCUT2D eigenvalue weighted by Gasteiger charge is -2.29. The fourth-order valence-corrected chi connectivity index (χ4v) is 21.5. The van der Waals surface area contributed by atoms with Crippen molar-refractivity contribution < 1.29 is 26.6 Å². The molecule has 0 saturated heterocycles. The molecule has 0 aromatic heterocycles. The molecule has 0 N–H and O–H groups in total. The Hall–Kier alpha value is 1.07. The number of hydrogen-bond donors (Lipinski definition) is 0. The van der Waals surface area contributed by atoms with Gasteiger partial charge in [0.15, 0.2) is 0 Å². The topological polar surface area (TPSA) is 55.4 Å². The van der Waals surface area contributed by atoms with Crippen LogP contribution < -0.4 is 0 Å². The van der Waals surface area contributed by atoms with E-state index in [2.05, 4.69) is 98.3 Å². The van der Waals surface area contributed by atoms with Crippen LogP contribution in [0.1, 0.15) is 260 Å². The number of rotatable bonds is 57. The predicted octanol–water partition coefficient (Wildman–Crippen LogP) is 20.1. The van der Waals surface area contributed by atoms with Crippen LogP contribution in [0.3, 0.4) is 0 Å². The maximum Gasteiger partial charge on any atom is 0.500 e. The van der Waals surface area contributed by atoms with Gasteiger partial charge in [0, 0.05) is 62.2 Å². The molecule has 0 aromatic rings. The van der Waals surface area contributed by atoms with Crippen molar-refractivity contribution in [2.45, 2.75) is 282 Å². The lowest BCUT2D eigenvalue weighted by molar-refractivity contribution is 0.0580. The summed E-state index contributed by atoms with van der Waals surface area (Å²) in [6.07, 6.45) is 47.4. The van der Waals surface area contributed by atoms with Crippen LogP contribution in [0.5, 0.6) is 0 Å². The van der Waals surface area contributed by atoms with Gasteiger partial charge in [-0.05, 0) is 110 Å². The first-order valence-corrected chi connectivity index (χ1v) is 37.0. The van der Waals surface area contributed by atoms with Crippen LogP contribution in [-0.4, -0.2) is 67.8 Å². The molecule has 0 spiro atoms. The van der Waals surface area contributed by atoms with Crippen LogP contribution in [0, 0.1) is 0 Å². The normalized spacial score (nSPS) is 13.1. The Labute approximate surface area is 430 Å². The zero-order chi connectivity index (χ0) is 48.3. The van der Waals surface area contributed by atoms with Crippen LogP contribution in [-0.2, 0) is 26.6 Å². The first-order valence-electron chi connectivity index (χ1n) is 28.1. The largest absolute Gasteiger partial charge is 0.500 e. The summed E-state index contributed by atoms with van der Waals surface area (Å²) in [6.45, 7) is 25.5. The summed E-state index contributed by atoms with van der Waals surface area (Å²) in [6, 6.07) is 1.94. The van der Waals surface area contributed by atoms with Crippen LogP contribution >= 0.6 is 41.2 Å². The highest BCUT2D eigenvalue weighted by molar-refractivity contribution is 9.26. The van der Waals surface area contributed by atoms with Gasteiger partial charge in [-0.2, -0.15) is 0 Å². The van der Waals surface area contributed by atoms with Crippen LogP contribution in [0.4, 0.5) is 0 Å². The van der Waals surface area contributed by atoms with Crippen molar-refractivity contribution in [2.75, 3.05) is 39.6 Å². The third kappa shape index (κ3) is 41.7. The van der Waals surface area contributed by atoms with Gasteiger partial charge in [-0.25, -0.2) is 0 Å². The second kappa shape index (κ2) is 52.4. The standard InChI is InChI=1S/C54H110O6S4Si2/c1-9-17-18-31-36-43-54(44-38-33-28-24-26-30-35-40-52-66(58-48-14-6,59-49-15-7)60-50-16-8)62-64-63-61-53(41-10-2)42-37-32-27-23-21-19-20-22-25-29-34-39-51-65(55-45-11-3,56-46-12-4)57-47-13-5/h9-10,53-54H,1-2,11-52H2,3-8H3. The summed E-state index contributed by atoms with van der Waals surface area (Å²) < 4.78 is 37.8. The number of unbranched alkanes of at least 4 members (excludes halogenated alkanes) is 21. The van der Waals surface area contributed by atoms with Gasteiger partial charge < -0.3 is 26.6 Å². The van der Waals surface area contributed by atoms with Crippen molar-refractivity contribution in [2.24, 2.45) is 0 Å². The van der Waals surface area contributed by atoms with Gasteiger partial charge >= 0.3 is 17.6 Å². The molecule has 2 unspecified atom stereocenters. The van der Waals surface area contributed by atoms with E-state index in [4.69, 9.17) is 26.6 Å². The Morgan fingerprint density at radius 2 is 0.621 bits per heavy atom. The van der Waals surface area contributed by atoms with Crippen LogP contribution in [0.15, 0.2) is 25.3 Å². The van der Waals surface area contributed by atoms with Gasteiger partial charge in [-0.1, -0.05) is 204 Å². The molecule has 66 heavy (non-hydrogen) atoms. The zero-order valence-electron chi connectivity index (χ0n) is 44.5. The van der Waals surface area contributed by atoms with E-state index >= 15 is 0 Å². The van der Waals surface area contributed by atoms with Gasteiger partial charge in [-0.3, -0.25) is 0 Å². The average molecular weight is 1040 g/mol. The summed E-state index contributed by atoms with van der Waals surface area (Å²) >= 11 is 0. The smallest absolute Gasteiger partial charge is 0.373 e. The lowest BCUT2D eigenvalue weighted by Crippen LogP contribution is -2.46. The first kappa shape index (κ1) is 67.1. The van der Waals surface area contributed by atoms with E-state index in [0.29, 0.717) is 5.25 Å². The van der Waals surface area contributed by atoms with Gasteiger partial charge in [-0.15, -0.1) is 13.2 Å². The molecule has 0 fully saturated rings. The van der Waals surface area contributed by atoms with Crippen molar-refractivity contribution in [3.05, 3.63) is 25.3 Å². The molecule has 0 heterocycles. The van der Waals surface area contributed by atoms with Gasteiger partial charge in [0.1, 0.15) is 0 Å². The predicted molar refractivity (Wildman–Crippen MR) is 306 cm³/mol. The molecule has 0 rings (SSSR count). The van der Waals surface area contributed by atoms with Crippen LogP contribution in [0.25, 0.3) is 0 Å². The van der Waals surface area contributed by atoms with Crippen LogP contribution in [0.2, 0.25) is 12.1 Å². The van der Waals surface area contributed by atoms with Crippen molar-refractivity contribution in [3.8, 4) is 0 Å². The van der Waals surface area contributed by atoms with Crippen molar-refractivity contribution in [1.29, 1.82) is 0 Å². The monoisotopic (exact) mass is 1040 g/mol. The Kier molecular flexibility index (Phi) is 53.3. The van der Waals surface area contributed by atoms with Crippen molar-refractivity contribution in [1.82, 2.24) is 0 Å². The van der Waals surface area contributed by atoms with E-state index in [1.807, 2.05) is 9.83 Å². The summed E-state index contributed by atoms with van der Waals surface area (Å²) in [5.74, 6) is 0. The van der Waals surface area contributed by atoms with Gasteiger partial charge in [0.2, 0.25) is 0 Å². The maximum atomic E-state index is 6.31. The molecule has 12 heteroatoms. The minimum absolute atomic E-state index is 0.691. The van der Waals surface area contributed by atoms with E-state index in [-0.39, 0.29) is 0 Å². The minimum Gasteiger partial charge on any atom is -0.373 e. The van der Waals surface area contributed by atoms with E-state index in [0.717, 1.165) is 121 Å². The number of hydrogen-bond acceptors (Lipinski definition) is 10. The Morgan fingerprint density at radius 1 is 0.348 bits per heavy atom. The molecule has 0 aromatic carbocycles. The fourth-order valence-electron chi connectivity index (χ4n) is 8.10. The molecule has 394 valence electrons. The third-order valence-electron chi connectivity index (χ3n) is 11.9. The molecule has 0 radical (unpaired) electrons. The maximum absolute atomic E-state index is 6.31. The highest BCUT2D eigenvalue weighted by atomic mass is 33.7. The molecule has 0 aliphatic rings. The minimum atomic E-state index is -2.54. The molecule has 0 saturated carbocycles. The molecule has 2 atom stereocenters. The average Bonchev–Trinajstić information content (AvgIpc) is 3.33. The van der Waals surface area contributed by atoms with Crippen molar-refractivity contribution >= 4 is 58.8 Å². The van der Waals surface area contributed by atoms with E-state index < -0.39 is 17.6 Å². The van der Waals surface area contributed by atoms with Gasteiger partial charge in [0.05, 0.1) is 0 Å². The summed E-state index contributed by atoms with van der Waals surface area (Å²) in [5, 5.41) is 1.46. The van der Waals surface area contributed by atoms with E-state index in [9.17, 15) is 0 Å². The molecule has 0 amide bonds. The SMILES string of the molecule is C=CCCCCCC(CCCCCCCCCC[Si](OCCC)(OCCC)OCCC)SSSSC(CC=C)CCCCCCCCCCCCCC[Si](OCCC)(OCCC)OCCC. The Balaban J connectivity index is 4.30. The first-order chi connectivity index (χ1) is 32.4. The second-order valence-corrected chi connectivity index (χ2v) is 30.5. The zero-order valence-corrected chi connectivity index (χ0v) is 49.8. The molecular formula is C54H110O6S4Si2. The molecule has 0 aliphatic heterocycles. The second-order valence-electron chi connectivity index (χ2n) is 18.6. The van der Waals surface area contributed by atoms with E-state index in [1.54, 1.807) is 0 Å². The quantitative estimate of drug-likeness (QED) is 0.0255. The Bertz CT molecular complexity index is 961. The van der Waals surface area contributed by atoms with E-state index in [1.165, 1.54) is 154 Å². The molecular weight excluding hydrogens is 929 g/mol. The molecule has 0 aliphatic carbocycles. The third-order valence-corrected chi connectivity index (χ3v) is 25.1. The highest BCUT2D eigenvalue weighted by Crippen LogP contribution is 2.49. The number of allylic oxidation sites excluding steroid dienone is 2. The Morgan fingerprint density at radius 3 is 0.924 bits per heavy atom. The highest BCUT2D eigenvalue weighted by Gasteiger charge is 2.41. The van der Waals surface area contributed by atoms with Crippen molar-refractivity contribution in [3.63, 3.8) is 0 Å². The fraction of sp³-hybridized carbons (Fsp3) is 0.926. The summed E-state index contributed by atoms with van der Waals surface area (Å²) in [5.41, 5.74) is 0. The summed E-state index contributed by atoms with van der Waals surface area (Å²) in [7, 11) is 3.31. The molecule has 0 bridgehead atoms. The molecule has 6 nitrogen and oxygen atoms in total.